The summed E-state index contributed by atoms with van der Waals surface area (Å²) in [7, 11) is 0. The van der Waals surface area contributed by atoms with Crippen molar-refractivity contribution in [2.24, 2.45) is 0 Å². The van der Waals surface area contributed by atoms with Crippen molar-refractivity contribution in [1.82, 2.24) is 10.2 Å². The van der Waals surface area contributed by atoms with Crippen LogP contribution in [0.3, 0.4) is 0 Å². The van der Waals surface area contributed by atoms with Gasteiger partial charge in [0.15, 0.2) is 0 Å². The molecule has 1 fully saturated rings. The zero-order chi connectivity index (χ0) is 14.5. The van der Waals surface area contributed by atoms with Crippen molar-refractivity contribution in [3.63, 3.8) is 0 Å². The molecular formula is C16H24F2N2. The highest BCUT2D eigenvalue weighted by molar-refractivity contribution is 5.28. The molecule has 1 saturated heterocycles. The summed E-state index contributed by atoms with van der Waals surface area (Å²) >= 11 is 0. The fraction of sp³-hybridized carbons (Fsp3) is 0.625. The SMILES string of the molecule is CC(C)c1cccc([C@H](CC(F)F)N2CCNCC2)c1. The van der Waals surface area contributed by atoms with Crippen molar-refractivity contribution >= 4 is 0 Å². The maximum absolute atomic E-state index is 12.9. The van der Waals surface area contributed by atoms with Gasteiger partial charge in [0.25, 0.3) is 0 Å². The molecule has 2 nitrogen and oxygen atoms in total. The molecule has 1 heterocycles. The average Bonchev–Trinajstić information content (AvgIpc) is 2.45. The fourth-order valence-electron chi connectivity index (χ4n) is 2.78. The van der Waals surface area contributed by atoms with Crippen LogP contribution in [0.2, 0.25) is 0 Å². The van der Waals surface area contributed by atoms with Crippen LogP contribution in [0.5, 0.6) is 0 Å². The molecule has 1 atom stereocenters. The second-order valence-corrected chi connectivity index (χ2v) is 5.75. The van der Waals surface area contributed by atoms with Crippen LogP contribution in [0.15, 0.2) is 24.3 Å². The average molecular weight is 282 g/mol. The van der Waals surface area contributed by atoms with E-state index in [-0.39, 0.29) is 12.5 Å². The summed E-state index contributed by atoms with van der Waals surface area (Å²) in [6.07, 6.45) is -2.35. The van der Waals surface area contributed by atoms with Crippen molar-refractivity contribution in [1.29, 1.82) is 0 Å². The molecule has 1 aliphatic heterocycles. The van der Waals surface area contributed by atoms with E-state index >= 15 is 0 Å². The van der Waals surface area contributed by atoms with Gasteiger partial charge in [-0.15, -0.1) is 0 Å². The van der Waals surface area contributed by atoms with Gasteiger partial charge in [-0.05, 0) is 17.0 Å². The first-order valence-corrected chi connectivity index (χ1v) is 7.40. The predicted octanol–water partition coefficient (Wildman–Crippen LogP) is 3.41. The third-order valence-electron chi connectivity index (χ3n) is 3.96. The maximum atomic E-state index is 12.9. The Balaban J connectivity index is 2.22. The summed E-state index contributed by atoms with van der Waals surface area (Å²) in [6, 6.07) is 7.98. The van der Waals surface area contributed by atoms with E-state index in [1.54, 1.807) is 0 Å². The van der Waals surface area contributed by atoms with Crippen LogP contribution in [0.4, 0.5) is 8.78 Å². The van der Waals surface area contributed by atoms with Crippen LogP contribution in [-0.4, -0.2) is 37.5 Å². The van der Waals surface area contributed by atoms with Gasteiger partial charge in [0, 0.05) is 38.6 Å². The molecule has 1 aliphatic rings. The molecule has 1 aromatic rings. The van der Waals surface area contributed by atoms with Crippen LogP contribution >= 0.6 is 0 Å². The number of benzene rings is 1. The van der Waals surface area contributed by atoms with Crippen LogP contribution in [0.1, 0.15) is 43.4 Å². The molecule has 0 amide bonds. The third kappa shape index (κ3) is 4.00. The lowest BCUT2D eigenvalue weighted by molar-refractivity contribution is 0.0739. The molecule has 112 valence electrons. The highest BCUT2D eigenvalue weighted by Gasteiger charge is 2.25. The number of hydrogen-bond acceptors (Lipinski definition) is 2. The summed E-state index contributed by atoms with van der Waals surface area (Å²) < 4.78 is 25.9. The van der Waals surface area contributed by atoms with Crippen LogP contribution < -0.4 is 5.32 Å². The highest BCUT2D eigenvalue weighted by atomic mass is 19.3. The van der Waals surface area contributed by atoms with E-state index < -0.39 is 6.43 Å². The number of rotatable bonds is 5. The molecule has 0 radical (unpaired) electrons. The minimum Gasteiger partial charge on any atom is -0.314 e. The first kappa shape index (κ1) is 15.4. The molecule has 1 N–H and O–H groups in total. The topological polar surface area (TPSA) is 15.3 Å². The van der Waals surface area contributed by atoms with E-state index in [1.807, 2.05) is 12.1 Å². The number of nitrogens with one attached hydrogen (secondary N) is 1. The Kier molecular flexibility index (Phi) is 5.49. The zero-order valence-electron chi connectivity index (χ0n) is 12.3. The first-order chi connectivity index (χ1) is 9.58. The zero-order valence-corrected chi connectivity index (χ0v) is 12.3. The minimum atomic E-state index is -2.27. The Labute approximate surface area is 120 Å². The van der Waals surface area contributed by atoms with Gasteiger partial charge in [-0.3, -0.25) is 4.90 Å². The highest BCUT2D eigenvalue weighted by Crippen LogP contribution is 2.29. The lowest BCUT2D eigenvalue weighted by Crippen LogP contribution is -2.45. The molecule has 1 aromatic carbocycles. The minimum absolute atomic E-state index is 0.0818. The van der Waals surface area contributed by atoms with Crippen molar-refractivity contribution < 1.29 is 8.78 Å². The Morgan fingerprint density at radius 1 is 1.15 bits per heavy atom. The predicted molar refractivity (Wildman–Crippen MR) is 78.3 cm³/mol. The Morgan fingerprint density at radius 2 is 1.80 bits per heavy atom. The van der Waals surface area contributed by atoms with Crippen LogP contribution in [0, 0.1) is 0 Å². The lowest BCUT2D eigenvalue weighted by Gasteiger charge is -2.35. The van der Waals surface area contributed by atoms with Gasteiger partial charge in [0.2, 0.25) is 6.43 Å². The summed E-state index contributed by atoms with van der Waals surface area (Å²) in [4.78, 5) is 2.18. The van der Waals surface area contributed by atoms with Gasteiger partial charge < -0.3 is 5.32 Å². The van der Waals surface area contributed by atoms with E-state index in [2.05, 4.69) is 36.2 Å². The quantitative estimate of drug-likeness (QED) is 0.890. The number of nitrogens with zero attached hydrogens (tertiary/aromatic N) is 1. The Bertz CT molecular complexity index is 415. The van der Waals surface area contributed by atoms with E-state index in [0.717, 1.165) is 31.7 Å². The van der Waals surface area contributed by atoms with Gasteiger partial charge in [-0.2, -0.15) is 0 Å². The van der Waals surface area contributed by atoms with Crippen LogP contribution in [-0.2, 0) is 0 Å². The van der Waals surface area contributed by atoms with Gasteiger partial charge in [0.05, 0.1) is 0 Å². The van der Waals surface area contributed by atoms with Gasteiger partial charge in [0.1, 0.15) is 0 Å². The summed E-state index contributed by atoms with van der Waals surface area (Å²) in [5.74, 6) is 0.421. The fourth-order valence-corrected chi connectivity index (χ4v) is 2.78. The molecule has 0 unspecified atom stereocenters. The van der Waals surface area contributed by atoms with Gasteiger partial charge >= 0.3 is 0 Å². The number of halogens is 2. The lowest BCUT2D eigenvalue weighted by atomic mass is 9.95. The molecular weight excluding hydrogens is 258 g/mol. The summed E-state index contributed by atoms with van der Waals surface area (Å²) in [5, 5.41) is 3.27. The number of hydrogen-bond donors (Lipinski definition) is 1. The van der Waals surface area contributed by atoms with Gasteiger partial charge in [-0.25, -0.2) is 8.78 Å². The van der Waals surface area contributed by atoms with Gasteiger partial charge in [-0.1, -0.05) is 38.1 Å². The molecule has 20 heavy (non-hydrogen) atoms. The van der Waals surface area contributed by atoms with E-state index in [0.29, 0.717) is 5.92 Å². The smallest absolute Gasteiger partial charge is 0.240 e. The Morgan fingerprint density at radius 3 is 2.40 bits per heavy atom. The van der Waals surface area contributed by atoms with E-state index in [1.165, 1.54) is 5.56 Å². The number of piperazine rings is 1. The van der Waals surface area contributed by atoms with Crippen molar-refractivity contribution in [3.05, 3.63) is 35.4 Å². The largest absolute Gasteiger partial charge is 0.314 e. The molecule has 2 rings (SSSR count). The standard InChI is InChI=1S/C16H24F2N2/c1-12(2)13-4-3-5-14(10-13)15(11-16(17)18)20-8-6-19-7-9-20/h3-5,10,12,15-16,19H,6-9,11H2,1-2H3/t15-/m0/s1. The second kappa shape index (κ2) is 7.14. The molecule has 0 saturated carbocycles. The Hall–Kier alpha value is -1.00. The first-order valence-electron chi connectivity index (χ1n) is 7.40. The molecule has 0 aromatic heterocycles. The molecule has 0 aliphatic carbocycles. The van der Waals surface area contributed by atoms with Crippen molar-refractivity contribution in [2.45, 2.75) is 38.7 Å². The van der Waals surface area contributed by atoms with Crippen LogP contribution in [0.25, 0.3) is 0 Å². The van der Waals surface area contributed by atoms with Crippen molar-refractivity contribution in [3.8, 4) is 0 Å². The number of alkyl halides is 2. The normalized spacial score (nSPS) is 18.7. The summed E-state index contributed by atoms with van der Waals surface area (Å²) in [6.45, 7) is 7.69. The molecule has 0 bridgehead atoms. The monoisotopic (exact) mass is 282 g/mol. The molecule has 4 heteroatoms. The third-order valence-corrected chi connectivity index (χ3v) is 3.96. The second-order valence-electron chi connectivity index (χ2n) is 5.75. The van der Waals surface area contributed by atoms with Crippen molar-refractivity contribution in [2.75, 3.05) is 26.2 Å². The molecule has 0 spiro atoms. The summed E-state index contributed by atoms with van der Waals surface area (Å²) in [5.41, 5.74) is 2.25. The maximum Gasteiger partial charge on any atom is 0.240 e. The van der Waals surface area contributed by atoms with E-state index in [9.17, 15) is 8.78 Å². The van der Waals surface area contributed by atoms with E-state index in [4.69, 9.17) is 0 Å².